The third kappa shape index (κ3) is 5.44. The zero-order valence-electron chi connectivity index (χ0n) is 20.1. The number of hydrazone groups is 1. The fourth-order valence-corrected chi connectivity index (χ4v) is 4.98. The van der Waals surface area contributed by atoms with Gasteiger partial charge in [-0.25, -0.2) is 8.42 Å². The molecule has 2 aromatic carbocycles. The van der Waals surface area contributed by atoms with E-state index in [1.807, 2.05) is 32.0 Å². The number of hydrogen-bond acceptors (Lipinski definition) is 9. The van der Waals surface area contributed by atoms with E-state index in [4.69, 9.17) is 19.6 Å². The van der Waals surface area contributed by atoms with E-state index >= 15 is 0 Å². The van der Waals surface area contributed by atoms with Crippen molar-refractivity contribution in [2.75, 3.05) is 26.6 Å². The topological polar surface area (TPSA) is 131 Å². The highest BCUT2D eigenvalue weighted by atomic mass is 32.3. The van der Waals surface area contributed by atoms with Crippen LogP contribution in [0.2, 0.25) is 0 Å². The Kier molecular flexibility index (Phi) is 7.18. The Balaban J connectivity index is 1.45. The van der Waals surface area contributed by atoms with Crippen LogP contribution in [0, 0.1) is 19.3 Å². The number of nitrogens with one attached hydrogen (secondary N) is 1. The van der Waals surface area contributed by atoms with Gasteiger partial charge in [0.1, 0.15) is 19.0 Å². The zero-order chi connectivity index (χ0) is 26.0. The molecule has 0 unspecified atom stereocenters. The summed E-state index contributed by atoms with van der Waals surface area (Å²) in [6.45, 7) is 4.70. The van der Waals surface area contributed by atoms with Gasteiger partial charge in [0, 0.05) is 6.26 Å². The van der Waals surface area contributed by atoms with Gasteiger partial charge in [-0.05, 0) is 72.6 Å². The van der Waals surface area contributed by atoms with Crippen molar-refractivity contribution in [1.29, 1.82) is 5.41 Å². The Bertz CT molecular complexity index is 1450. The van der Waals surface area contributed by atoms with Crippen LogP contribution in [0.1, 0.15) is 16.7 Å². The summed E-state index contributed by atoms with van der Waals surface area (Å²) >= 11 is 0.737. The Morgan fingerprint density at radius 1 is 1.06 bits per heavy atom. The smallest absolute Gasteiger partial charge is 0.283 e. The number of carbonyl (C=O) groups excluding carboxylic acids is 1. The third-order valence-electron chi connectivity index (χ3n) is 5.34. The Morgan fingerprint density at radius 2 is 1.81 bits per heavy atom. The standard InChI is InChI=1S/C24H24N4O6S2/c1-14-5-7-17(11-15(14)2)33-9-10-34-19-8-6-16(13-20(19)32-3)12-18-21(25)28-23(26-22(18)29)35-24(27-28)36(4,30)31/h5-8,11-13,25H,9-10H2,1-4H3/b18-12-,25-21?. The highest BCUT2D eigenvalue weighted by molar-refractivity contribution is 8.42. The minimum Gasteiger partial charge on any atom is -0.493 e. The fourth-order valence-electron chi connectivity index (χ4n) is 3.30. The van der Waals surface area contributed by atoms with E-state index in [0.29, 0.717) is 23.7 Å². The van der Waals surface area contributed by atoms with Crippen molar-refractivity contribution in [2.45, 2.75) is 13.8 Å². The molecular formula is C24H24N4O6S2. The minimum absolute atomic E-state index is 0.0321. The van der Waals surface area contributed by atoms with E-state index in [0.717, 1.165) is 34.3 Å². The summed E-state index contributed by atoms with van der Waals surface area (Å²) < 4.78 is 40.4. The number of thioether (sulfide) groups is 1. The molecule has 0 saturated heterocycles. The maximum Gasteiger partial charge on any atom is 0.283 e. The number of aryl methyl sites for hydroxylation is 2. The van der Waals surface area contributed by atoms with Gasteiger partial charge in [-0.2, -0.15) is 10.0 Å². The molecule has 0 saturated carbocycles. The first-order valence-corrected chi connectivity index (χ1v) is 13.5. The molecule has 2 heterocycles. The summed E-state index contributed by atoms with van der Waals surface area (Å²) in [6.07, 6.45) is 2.48. The average molecular weight is 529 g/mol. The third-order valence-corrected chi connectivity index (χ3v) is 7.92. The second kappa shape index (κ2) is 10.2. The Labute approximate surface area is 213 Å². The number of sulfone groups is 1. The van der Waals surface area contributed by atoms with E-state index in [1.54, 1.807) is 18.2 Å². The molecular weight excluding hydrogens is 504 g/mol. The lowest BCUT2D eigenvalue weighted by Gasteiger charge is -2.20. The number of benzene rings is 2. The van der Waals surface area contributed by atoms with Gasteiger partial charge < -0.3 is 14.2 Å². The van der Waals surface area contributed by atoms with E-state index in [1.165, 1.54) is 18.7 Å². The van der Waals surface area contributed by atoms with Crippen molar-refractivity contribution >= 4 is 49.0 Å². The Hall–Kier alpha value is -3.64. The van der Waals surface area contributed by atoms with Crippen molar-refractivity contribution in [3.05, 3.63) is 58.7 Å². The number of carbonyl (C=O) groups is 1. The number of aliphatic imine (C=N–C) groups is 1. The molecule has 0 radical (unpaired) electrons. The van der Waals surface area contributed by atoms with Crippen LogP contribution >= 0.6 is 11.8 Å². The van der Waals surface area contributed by atoms with Gasteiger partial charge in [-0.1, -0.05) is 12.1 Å². The second-order valence-electron chi connectivity index (χ2n) is 8.01. The van der Waals surface area contributed by atoms with Gasteiger partial charge in [0.25, 0.3) is 5.91 Å². The summed E-state index contributed by atoms with van der Waals surface area (Å²) in [5, 5.41) is 13.4. The van der Waals surface area contributed by atoms with Crippen LogP contribution in [0.15, 0.2) is 52.1 Å². The van der Waals surface area contributed by atoms with Crippen LogP contribution in [0.3, 0.4) is 0 Å². The van der Waals surface area contributed by atoms with Gasteiger partial charge in [-0.15, -0.1) is 5.10 Å². The second-order valence-corrected chi connectivity index (χ2v) is 11.2. The van der Waals surface area contributed by atoms with E-state index in [2.05, 4.69) is 10.1 Å². The number of amidine groups is 2. The fraction of sp³-hybridized carbons (Fsp3) is 0.250. The number of amides is 1. The normalized spacial score (nSPS) is 16.6. The summed E-state index contributed by atoms with van der Waals surface area (Å²) in [6, 6.07) is 11.0. The largest absolute Gasteiger partial charge is 0.493 e. The number of ether oxygens (including phenoxy) is 3. The van der Waals surface area contributed by atoms with E-state index in [9.17, 15) is 13.2 Å². The van der Waals surface area contributed by atoms with Crippen molar-refractivity contribution in [3.63, 3.8) is 0 Å². The van der Waals surface area contributed by atoms with Crippen LogP contribution < -0.4 is 14.2 Å². The summed E-state index contributed by atoms with van der Waals surface area (Å²) in [5.74, 6) is 0.770. The van der Waals surface area contributed by atoms with Crippen molar-refractivity contribution in [3.8, 4) is 17.2 Å². The van der Waals surface area contributed by atoms with E-state index in [-0.39, 0.29) is 27.6 Å². The molecule has 188 valence electrons. The molecule has 2 aromatic rings. The molecule has 1 amide bonds. The monoisotopic (exact) mass is 528 g/mol. The number of rotatable bonds is 7. The van der Waals surface area contributed by atoms with Crippen LogP contribution in [0.25, 0.3) is 6.08 Å². The molecule has 2 aliphatic heterocycles. The highest BCUT2D eigenvalue weighted by Gasteiger charge is 2.38. The molecule has 0 aromatic heterocycles. The zero-order valence-corrected chi connectivity index (χ0v) is 21.7. The molecule has 1 N–H and O–H groups in total. The van der Waals surface area contributed by atoms with Crippen LogP contribution in [0.5, 0.6) is 17.2 Å². The minimum atomic E-state index is -3.60. The molecule has 12 heteroatoms. The first-order valence-electron chi connectivity index (χ1n) is 10.8. The molecule has 0 fully saturated rings. The predicted octanol–water partition coefficient (Wildman–Crippen LogP) is 3.39. The molecule has 0 spiro atoms. The molecule has 0 atom stereocenters. The maximum atomic E-state index is 12.6. The van der Waals surface area contributed by atoms with Crippen LogP contribution in [-0.4, -0.2) is 61.3 Å². The molecule has 2 aliphatic rings. The van der Waals surface area contributed by atoms with Gasteiger partial charge >= 0.3 is 0 Å². The quantitative estimate of drug-likeness (QED) is 0.427. The Morgan fingerprint density at radius 3 is 2.50 bits per heavy atom. The van der Waals surface area contributed by atoms with Crippen molar-refractivity contribution in [2.24, 2.45) is 10.1 Å². The molecule has 0 aliphatic carbocycles. The lowest BCUT2D eigenvalue weighted by Crippen LogP contribution is -2.35. The SMILES string of the molecule is COc1cc(/C=C2/C(=N)N3N=C(S(C)(=O)=O)SC3=NC2=O)ccc1OCCOc1ccc(C)c(C)c1. The number of nitrogens with zero attached hydrogens (tertiary/aromatic N) is 3. The lowest BCUT2D eigenvalue weighted by atomic mass is 10.1. The van der Waals surface area contributed by atoms with Gasteiger partial charge in [0.05, 0.1) is 12.7 Å². The maximum absolute atomic E-state index is 12.6. The first kappa shape index (κ1) is 25.5. The first-order chi connectivity index (χ1) is 17.1. The van der Waals surface area contributed by atoms with Crippen LogP contribution in [-0.2, 0) is 14.6 Å². The molecule has 10 nitrogen and oxygen atoms in total. The summed E-state index contributed by atoms with van der Waals surface area (Å²) in [4.78, 5) is 16.4. The highest BCUT2D eigenvalue weighted by Crippen LogP contribution is 2.32. The molecule has 36 heavy (non-hydrogen) atoms. The van der Waals surface area contributed by atoms with Gasteiger partial charge in [0.2, 0.25) is 19.4 Å². The molecule has 4 rings (SSSR count). The summed E-state index contributed by atoms with van der Waals surface area (Å²) in [5.41, 5.74) is 2.88. The average Bonchev–Trinajstić information content (AvgIpc) is 3.27. The molecule has 0 bridgehead atoms. The number of fused-ring (bicyclic) bond motifs is 1. The lowest BCUT2D eigenvalue weighted by molar-refractivity contribution is -0.114. The predicted molar refractivity (Wildman–Crippen MR) is 140 cm³/mol. The van der Waals surface area contributed by atoms with Gasteiger partial charge in [-0.3, -0.25) is 10.2 Å². The van der Waals surface area contributed by atoms with E-state index < -0.39 is 15.7 Å². The van der Waals surface area contributed by atoms with Crippen LogP contribution in [0.4, 0.5) is 0 Å². The number of hydrogen-bond donors (Lipinski definition) is 1. The number of methoxy groups -OCH3 is 1. The van der Waals surface area contributed by atoms with Crippen molar-refractivity contribution < 1.29 is 27.4 Å². The van der Waals surface area contributed by atoms with Crippen molar-refractivity contribution in [1.82, 2.24) is 5.01 Å². The van der Waals surface area contributed by atoms with Gasteiger partial charge in [0.15, 0.2) is 17.3 Å². The summed E-state index contributed by atoms with van der Waals surface area (Å²) in [7, 11) is -2.10.